The average Bonchev–Trinajstić information content (AvgIpc) is 3.14. The highest BCUT2D eigenvalue weighted by Crippen LogP contribution is 2.41. The molecule has 164 valence electrons. The van der Waals surface area contributed by atoms with Gasteiger partial charge in [0.1, 0.15) is 11.4 Å². The van der Waals surface area contributed by atoms with Gasteiger partial charge in [0, 0.05) is 25.9 Å². The molecule has 2 aliphatic rings. The highest BCUT2D eigenvalue weighted by atomic mass is 16.5. The van der Waals surface area contributed by atoms with Crippen LogP contribution in [0.5, 0.6) is 5.75 Å². The molecule has 2 aliphatic heterocycles. The largest absolute Gasteiger partial charge is 0.486 e. The summed E-state index contributed by atoms with van der Waals surface area (Å²) in [5.41, 5.74) is 4.61. The molecule has 6 heteroatoms. The fourth-order valence-corrected chi connectivity index (χ4v) is 5.03. The number of fused-ring (bicyclic) bond motifs is 1. The monoisotopic (exact) mass is 429 g/mol. The van der Waals surface area contributed by atoms with Crippen molar-refractivity contribution in [1.82, 2.24) is 14.7 Å². The molecule has 6 nitrogen and oxygen atoms in total. The Hall–Kier alpha value is -3.41. The van der Waals surface area contributed by atoms with Gasteiger partial charge >= 0.3 is 0 Å². The van der Waals surface area contributed by atoms with Gasteiger partial charge in [-0.3, -0.25) is 9.59 Å². The fourth-order valence-electron chi connectivity index (χ4n) is 5.03. The Morgan fingerprint density at radius 3 is 2.50 bits per heavy atom. The first-order chi connectivity index (χ1) is 15.4. The van der Waals surface area contributed by atoms with Gasteiger partial charge in [-0.1, -0.05) is 24.3 Å². The van der Waals surface area contributed by atoms with Crippen molar-refractivity contribution in [2.75, 3.05) is 13.1 Å². The van der Waals surface area contributed by atoms with E-state index in [-0.39, 0.29) is 11.7 Å². The Bertz CT molecular complexity index is 1200. The molecule has 5 rings (SSSR count). The predicted octanol–water partition coefficient (Wildman–Crippen LogP) is 4.44. The smallest absolute Gasteiger partial charge is 0.257 e. The summed E-state index contributed by atoms with van der Waals surface area (Å²) >= 11 is 0. The summed E-state index contributed by atoms with van der Waals surface area (Å²) in [7, 11) is 0. The second kappa shape index (κ2) is 7.62. The summed E-state index contributed by atoms with van der Waals surface area (Å²) in [6.45, 7) is 7.01. The summed E-state index contributed by atoms with van der Waals surface area (Å²) < 4.78 is 8.23. The lowest BCUT2D eigenvalue weighted by Gasteiger charge is -2.44. The number of rotatable bonds is 2. The number of likely N-dealkylation sites (tertiary alicyclic amines) is 1. The van der Waals surface area contributed by atoms with E-state index >= 15 is 0 Å². The number of para-hydroxylation sites is 1. The van der Waals surface area contributed by atoms with Gasteiger partial charge in [0.2, 0.25) is 0 Å². The molecule has 3 heterocycles. The van der Waals surface area contributed by atoms with E-state index in [1.807, 2.05) is 68.1 Å². The van der Waals surface area contributed by atoms with Crippen molar-refractivity contribution in [2.24, 2.45) is 0 Å². The molecule has 0 radical (unpaired) electrons. The number of aryl methyl sites for hydroxylation is 2. The van der Waals surface area contributed by atoms with Crippen LogP contribution in [0.3, 0.4) is 0 Å². The molecule has 0 saturated carbocycles. The number of amides is 1. The lowest BCUT2D eigenvalue weighted by atomic mass is 9.81. The van der Waals surface area contributed by atoms with Crippen molar-refractivity contribution >= 4 is 11.7 Å². The molecule has 1 fully saturated rings. The maximum absolute atomic E-state index is 13.3. The number of Topliss-reactive ketones (excluding diaryl/α,β-unsaturated/α-hetero) is 1. The Kier molecular flexibility index (Phi) is 4.88. The van der Waals surface area contributed by atoms with Crippen LogP contribution in [0.4, 0.5) is 0 Å². The Labute approximate surface area is 187 Å². The van der Waals surface area contributed by atoms with Crippen LogP contribution in [-0.2, 0) is 0 Å². The third-order valence-corrected chi connectivity index (χ3v) is 6.73. The van der Waals surface area contributed by atoms with Crippen molar-refractivity contribution in [2.45, 2.75) is 45.6 Å². The zero-order valence-electron chi connectivity index (χ0n) is 18.7. The van der Waals surface area contributed by atoms with Crippen molar-refractivity contribution in [3.63, 3.8) is 0 Å². The molecular formula is C26H27N3O3. The van der Waals surface area contributed by atoms with Crippen molar-refractivity contribution in [1.29, 1.82) is 0 Å². The zero-order valence-corrected chi connectivity index (χ0v) is 18.7. The van der Waals surface area contributed by atoms with E-state index in [1.165, 1.54) is 0 Å². The molecule has 0 unspecified atom stereocenters. The van der Waals surface area contributed by atoms with Crippen LogP contribution in [0.15, 0.2) is 48.7 Å². The van der Waals surface area contributed by atoms with E-state index < -0.39 is 5.60 Å². The molecule has 0 aliphatic carbocycles. The fraction of sp³-hybridized carbons (Fsp3) is 0.346. The molecule has 0 N–H and O–H groups in total. The summed E-state index contributed by atoms with van der Waals surface area (Å²) in [4.78, 5) is 28.0. The second-order valence-corrected chi connectivity index (χ2v) is 9.02. The van der Waals surface area contributed by atoms with Crippen LogP contribution in [0.2, 0.25) is 0 Å². The number of benzene rings is 2. The van der Waals surface area contributed by atoms with Gasteiger partial charge in [-0.25, -0.2) is 4.68 Å². The van der Waals surface area contributed by atoms with Crippen molar-refractivity contribution in [3.8, 4) is 11.4 Å². The Balaban J connectivity index is 1.33. The molecule has 1 saturated heterocycles. The maximum Gasteiger partial charge on any atom is 0.257 e. The summed E-state index contributed by atoms with van der Waals surface area (Å²) in [6, 6.07) is 13.8. The first-order valence-electron chi connectivity index (χ1n) is 11.1. The van der Waals surface area contributed by atoms with E-state index in [0.29, 0.717) is 49.2 Å². The Morgan fingerprint density at radius 1 is 1.06 bits per heavy atom. The second-order valence-electron chi connectivity index (χ2n) is 9.02. The van der Waals surface area contributed by atoms with Gasteiger partial charge in [-0.05, 0) is 50.1 Å². The van der Waals surface area contributed by atoms with Gasteiger partial charge in [-0.2, -0.15) is 5.10 Å². The van der Waals surface area contributed by atoms with Gasteiger partial charge in [-0.15, -0.1) is 0 Å². The lowest BCUT2D eigenvalue weighted by Crippen LogP contribution is -2.52. The zero-order chi connectivity index (χ0) is 22.5. The van der Waals surface area contributed by atoms with E-state index in [0.717, 1.165) is 22.5 Å². The number of hydrogen-bond acceptors (Lipinski definition) is 4. The van der Waals surface area contributed by atoms with Crippen LogP contribution in [0.1, 0.15) is 56.8 Å². The number of carbonyl (C=O) groups is 2. The highest BCUT2D eigenvalue weighted by Gasteiger charge is 2.44. The topological polar surface area (TPSA) is 64.4 Å². The quantitative estimate of drug-likeness (QED) is 0.604. The number of ether oxygens (including phenoxy) is 1. The lowest BCUT2D eigenvalue weighted by molar-refractivity contribution is -0.00582. The summed E-state index contributed by atoms with van der Waals surface area (Å²) in [5, 5.41) is 4.44. The van der Waals surface area contributed by atoms with Crippen LogP contribution < -0.4 is 4.74 Å². The van der Waals surface area contributed by atoms with E-state index in [4.69, 9.17) is 4.74 Å². The van der Waals surface area contributed by atoms with Gasteiger partial charge in [0.05, 0.1) is 35.1 Å². The van der Waals surface area contributed by atoms with Gasteiger partial charge in [0.25, 0.3) is 5.91 Å². The molecule has 0 atom stereocenters. The van der Waals surface area contributed by atoms with Gasteiger partial charge < -0.3 is 9.64 Å². The standard InChI is InChI=1S/C26H27N3O3/c1-17-13-18(2)24-22(30)15-26(32-23(24)14-17)9-11-28(12-10-26)25(31)21-16-27-29(19(21)3)20-7-5-4-6-8-20/h4-8,13-14,16H,9-12,15H2,1-3H3. The van der Waals surface area contributed by atoms with Crippen LogP contribution in [0.25, 0.3) is 5.69 Å². The third-order valence-electron chi connectivity index (χ3n) is 6.73. The molecule has 3 aromatic rings. The first-order valence-corrected chi connectivity index (χ1v) is 11.1. The van der Waals surface area contributed by atoms with Gasteiger partial charge in [0.15, 0.2) is 5.78 Å². The molecule has 2 aromatic carbocycles. The molecule has 1 spiro atoms. The number of aromatic nitrogens is 2. The highest BCUT2D eigenvalue weighted by molar-refractivity contribution is 6.02. The SMILES string of the molecule is Cc1cc(C)c2c(c1)OC1(CCN(C(=O)c3cnn(-c4ccccc4)c3C)CC1)CC2=O. The van der Waals surface area contributed by atoms with E-state index in [2.05, 4.69) is 5.10 Å². The number of ketones is 1. The van der Waals surface area contributed by atoms with Crippen molar-refractivity contribution < 1.29 is 14.3 Å². The number of carbonyl (C=O) groups excluding carboxylic acids is 2. The minimum Gasteiger partial charge on any atom is -0.486 e. The molecule has 0 bridgehead atoms. The maximum atomic E-state index is 13.3. The van der Waals surface area contributed by atoms with Crippen molar-refractivity contribution in [3.05, 3.63) is 76.6 Å². The number of nitrogens with zero attached hydrogens (tertiary/aromatic N) is 3. The van der Waals surface area contributed by atoms with E-state index in [9.17, 15) is 9.59 Å². The molecule has 32 heavy (non-hydrogen) atoms. The molecule has 1 amide bonds. The molecule has 1 aromatic heterocycles. The third kappa shape index (κ3) is 3.40. The van der Waals surface area contributed by atoms with Crippen LogP contribution >= 0.6 is 0 Å². The minimum atomic E-state index is -0.523. The van der Waals surface area contributed by atoms with Crippen LogP contribution in [-0.4, -0.2) is 45.1 Å². The number of hydrogen-bond donors (Lipinski definition) is 0. The minimum absolute atomic E-state index is 0.0197. The average molecular weight is 430 g/mol. The summed E-state index contributed by atoms with van der Waals surface area (Å²) in [5.74, 6) is 0.816. The van der Waals surface area contributed by atoms with Crippen LogP contribution in [0, 0.1) is 20.8 Å². The normalized spacial score (nSPS) is 17.2. The molecular weight excluding hydrogens is 402 g/mol. The first kappa shape index (κ1) is 20.5. The van der Waals surface area contributed by atoms with E-state index in [1.54, 1.807) is 10.9 Å². The number of piperidine rings is 1. The summed E-state index contributed by atoms with van der Waals surface area (Å²) in [6.07, 6.45) is 3.31. The predicted molar refractivity (Wildman–Crippen MR) is 122 cm³/mol. The Morgan fingerprint density at radius 2 is 1.78 bits per heavy atom.